The van der Waals surface area contributed by atoms with Crippen molar-refractivity contribution in [2.24, 2.45) is 11.8 Å². The SMILES string of the molecule is O=C(N[C@@H]1CCOC1)[C@@H]1CC[C@H]2c3ccc(C(F)(C(F)(F)F)C(F)(F)F)cc3CC[C@@H]12. The molecule has 1 aromatic rings. The molecule has 31 heavy (non-hydrogen) atoms. The lowest BCUT2D eigenvalue weighted by molar-refractivity contribution is -0.348. The Balaban J connectivity index is 1.58. The number of halogens is 7. The number of carbonyl (C=O) groups is 1. The molecule has 4 atom stereocenters. The number of ether oxygens (including phenoxy) is 1. The highest BCUT2D eigenvalue weighted by molar-refractivity contribution is 5.80. The summed E-state index contributed by atoms with van der Waals surface area (Å²) in [6.07, 6.45) is -9.66. The van der Waals surface area contributed by atoms with Crippen molar-refractivity contribution in [3.8, 4) is 0 Å². The Bertz CT molecular complexity index is 831. The minimum atomic E-state index is -6.13. The van der Waals surface area contributed by atoms with Gasteiger partial charge < -0.3 is 10.1 Å². The van der Waals surface area contributed by atoms with Gasteiger partial charge in [-0.15, -0.1) is 0 Å². The van der Waals surface area contributed by atoms with Gasteiger partial charge in [-0.3, -0.25) is 4.79 Å². The predicted octanol–water partition coefficient (Wildman–Crippen LogP) is 4.94. The Labute approximate surface area is 174 Å². The molecule has 0 spiro atoms. The molecule has 1 amide bonds. The summed E-state index contributed by atoms with van der Waals surface area (Å²) >= 11 is 0. The molecule has 1 aliphatic heterocycles. The van der Waals surface area contributed by atoms with Crippen LogP contribution in [-0.2, 0) is 21.6 Å². The molecule has 10 heteroatoms. The van der Waals surface area contributed by atoms with Gasteiger partial charge in [0, 0.05) is 18.1 Å². The molecule has 0 bridgehead atoms. The molecule has 2 fully saturated rings. The molecule has 1 aromatic carbocycles. The Kier molecular flexibility index (Phi) is 5.51. The quantitative estimate of drug-likeness (QED) is 0.659. The third kappa shape index (κ3) is 3.70. The first-order valence-corrected chi connectivity index (χ1v) is 10.3. The summed E-state index contributed by atoms with van der Waals surface area (Å²) in [5, 5.41) is 2.98. The second kappa shape index (κ2) is 7.64. The average Bonchev–Trinajstić information content (AvgIpc) is 3.34. The van der Waals surface area contributed by atoms with Gasteiger partial charge in [-0.1, -0.05) is 18.2 Å². The van der Waals surface area contributed by atoms with Gasteiger partial charge in [-0.05, 0) is 55.1 Å². The lowest BCUT2D eigenvalue weighted by Gasteiger charge is -2.34. The summed E-state index contributed by atoms with van der Waals surface area (Å²) in [6, 6.07) is 2.44. The molecule has 2 aliphatic carbocycles. The second-order valence-electron chi connectivity index (χ2n) is 8.63. The van der Waals surface area contributed by atoms with Crippen LogP contribution in [0.3, 0.4) is 0 Å². The third-order valence-electron chi connectivity index (χ3n) is 6.90. The number of benzene rings is 1. The smallest absolute Gasteiger partial charge is 0.379 e. The molecule has 0 radical (unpaired) electrons. The van der Waals surface area contributed by atoms with Crippen molar-refractivity contribution in [1.29, 1.82) is 0 Å². The lowest BCUT2D eigenvalue weighted by atomic mass is 9.73. The molecule has 172 valence electrons. The van der Waals surface area contributed by atoms with Gasteiger partial charge >= 0.3 is 18.0 Å². The predicted molar refractivity (Wildman–Crippen MR) is 96.0 cm³/mol. The number of alkyl halides is 7. The van der Waals surface area contributed by atoms with E-state index in [-0.39, 0.29) is 36.1 Å². The van der Waals surface area contributed by atoms with Gasteiger partial charge in [0.05, 0.1) is 12.6 Å². The van der Waals surface area contributed by atoms with Crippen molar-refractivity contribution in [2.75, 3.05) is 13.2 Å². The average molecular weight is 453 g/mol. The zero-order valence-corrected chi connectivity index (χ0v) is 16.5. The molecule has 3 nitrogen and oxygen atoms in total. The van der Waals surface area contributed by atoms with E-state index in [0.717, 1.165) is 6.42 Å². The van der Waals surface area contributed by atoms with E-state index in [4.69, 9.17) is 4.74 Å². The number of rotatable bonds is 3. The van der Waals surface area contributed by atoms with Gasteiger partial charge in [0.1, 0.15) is 0 Å². The minimum Gasteiger partial charge on any atom is -0.379 e. The van der Waals surface area contributed by atoms with Crippen LogP contribution in [0.25, 0.3) is 0 Å². The second-order valence-corrected chi connectivity index (χ2v) is 8.63. The summed E-state index contributed by atoms with van der Waals surface area (Å²) in [4.78, 5) is 12.7. The van der Waals surface area contributed by atoms with Crippen LogP contribution in [0.2, 0.25) is 0 Å². The van der Waals surface area contributed by atoms with E-state index in [9.17, 15) is 35.5 Å². The normalized spacial score (nSPS) is 28.9. The molecule has 0 unspecified atom stereocenters. The van der Waals surface area contributed by atoms with E-state index in [0.29, 0.717) is 55.7 Å². The maximum absolute atomic E-state index is 14.4. The lowest BCUT2D eigenvalue weighted by Crippen LogP contribution is -2.50. The third-order valence-corrected chi connectivity index (χ3v) is 6.90. The fourth-order valence-electron chi connectivity index (χ4n) is 5.35. The van der Waals surface area contributed by atoms with Gasteiger partial charge in [0.2, 0.25) is 5.91 Å². The molecule has 1 heterocycles. The number of carbonyl (C=O) groups excluding carboxylic acids is 1. The fourth-order valence-corrected chi connectivity index (χ4v) is 5.35. The zero-order chi connectivity index (χ0) is 22.6. The molecule has 4 rings (SSSR count). The molecular weight excluding hydrogens is 431 g/mol. The van der Waals surface area contributed by atoms with E-state index in [2.05, 4.69) is 5.32 Å². The molecule has 1 saturated heterocycles. The van der Waals surface area contributed by atoms with Crippen LogP contribution in [0.4, 0.5) is 30.7 Å². The van der Waals surface area contributed by atoms with E-state index >= 15 is 0 Å². The Morgan fingerprint density at radius 3 is 2.29 bits per heavy atom. The maximum Gasteiger partial charge on any atom is 0.435 e. The number of nitrogens with one attached hydrogen (secondary N) is 1. The highest BCUT2D eigenvalue weighted by atomic mass is 19.4. The van der Waals surface area contributed by atoms with Gasteiger partial charge in [-0.2, -0.15) is 26.3 Å². The number of aryl methyl sites for hydroxylation is 1. The van der Waals surface area contributed by atoms with Gasteiger partial charge in [0.15, 0.2) is 0 Å². The van der Waals surface area contributed by atoms with Crippen LogP contribution in [0.1, 0.15) is 48.3 Å². The molecular formula is C21H22F7NO2. The highest BCUT2D eigenvalue weighted by Crippen LogP contribution is 2.55. The van der Waals surface area contributed by atoms with Crippen molar-refractivity contribution >= 4 is 5.91 Å². The van der Waals surface area contributed by atoms with E-state index < -0.39 is 23.6 Å². The number of hydrogen-bond acceptors (Lipinski definition) is 2. The fraction of sp³-hybridized carbons (Fsp3) is 0.667. The van der Waals surface area contributed by atoms with Crippen molar-refractivity contribution in [3.63, 3.8) is 0 Å². The standard InChI is InChI=1S/C21H22F7NO2/c22-19(20(23,24)25,21(26,27)28)12-2-4-14-11(9-12)1-3-16-15(14)5-6-17(16)18(30)29-13-7-8-31-10-13/h2,4,9,13,15-17H,1,3,5-8,10H2,(H,29,30)/t13-,15+,16-,17-/m1/s1. The first-order valence-electron chi connectivity index (χ1n) is 10.3. The maximum atomic E-state index is 14.4. The Morgan fingerprint density at radius 1 is 0.968 bits per heavy atom. The highest BCUT2D eigenvalue weighted by Gasteiger charge is 2.73. The van der Waals surface area contributed by atoms with Crippen LogP contribution < -0.4 is 5.32 Å². The monoisotopic (exact) mass is 453 g/mol. The van der Waals surface area contributed by atoms with Crippen LogP contribution >= 0.6 is 0 Å². The zero-order valence-electron chi connectivity index (χ0n) is 16.5. The Morgan fingerprint density at radius 2 is 1.68 bits per heavy atom. The molecule has 0 aromatic heterocycles. The van der Waals surface area contributed by atoms with Gasteiger partial charge in [0.25, 0.3) is 0 Å². The minimum absolute atomic E-state index is 0.0348. The van der Waals surface area contributed by atoms with Crippen molar-refractivity contribution in [2.45, 2.75) is 62.1 Å². The van der Waals surface area contributed by atoms with Gasteiger partial charge in [-0.25, -0.2) is 4.39 Å². The molecule has 1 saturated carbocycles. The summed E-state index contributed by atoms with van der Waals surface area (Å²) in [5.41, 5.74) is -5.96. The van der Waals surface area contributed by atoms with Crippen LogP contribution in [0.5, 0.6) is 0 Å². The number of amides is 1. The van der Waals surface area contributed by atoms with Crippen LogP contribution in [0.15, 0.2) is 18.2 Å². The topological polar surface area (TPSA) is 38.3 Å². The summed E-state index contributed by atoms with van der Waals surface area (Å²) < 4.78 is 98.2. The molecule has 1 N–H and O–H groups in total. The first kappa shape index (κ1) is 22.4. The summed E-state index contributed by atoms with van der Waals surface area (Å²) in [6.45, 7) is 1.05. The van der Waals surface area contributed by atoms with E-state index in [1.165, 1.54) is 6.07 Å². The van der Waals surface area contributed by atoms with Crippen molar-refractivity contribution in [1.82, 2.24) is 5.32 Å². The van der Waals surface area contributed by atoms with Crippen LogP contribution in [0, 0.1) is 11.8 Å². The number of hydrogen-bond donors (Lipinski definition) is 1. The van der Waals surface area contributed by atoms with E-state index in [1.54, 1.807) is 0 Å². The molecule has 3 aliphatic rings. The van der Waals surface area contributed by atoms with Crippen LogP contribution in [-0.4, -0.2) is 37.5 Å². The first-order chi connectivity index (χ1) is 14.4. The van der Waals surface area contributed by atoms with Crippen molar-refractivity contribution in [3.05, 3.63) is 34.9 Å². The number of fused-ring (bicyclic) bond motifs is 3. The van der Waals surface area contributed by atoms with Crippen molar-refractivity contribution < 1.29 is 40.3 Å². The summed E-state index contributed by atoms with van der Waals surface area (Å²) in [5.74, 6) is -0.524. The Hall–Kier alpha value is -1.84. The van der Waals surface area contributed by atoms with E-state index in [1.807, 2.05) is 0 Å². The largest absolute Gasteiger partial charge is 0.435 e. The summed E-state index contributed by atoms with van der Waals surface area (Å²) in [7, 11) is 0.